The average molecular weight is 349 g/mol. The second kappa shape index (κ2) is 5.96. The van der Waals surface area contributed by atoms with Gasteiger partial charge in [-0.15, -0.1) is 0 Å². The lowest BCUT2D eigenvalue weighted by atomic mass is 10.1. The number of benzene rings is 2. The van der Waals surface area contributed by atoms with Crippen LogP contribution in [0.15, 0.2) is 53.1 Å². The molecule has 7 heteroatoms. The van der Waals surface area contributed by atoms with Crippen molar-refractivity contribution in [2.75, 3.05) is 12.4 Å². The van der Waals surface area contributed by atoms with Crippen molar-refractivity contribution in [3.05, 3.63) is 59.9 Å². The fraction of sp³-hybridized carbons (Fsp3) is 0.0526. The fourth-order valence-electron chi connectivity index (χ4n) is 2.88. The number of fused-ring (bicyclic) bond motifs is 3. The predicted molar refractivity (Wildman–Crippen MR) is 97.5 cm³/mol. The van der Waals surface area contributed by atoms with E-state index in [-0.39, 0.29) is 11.3 Å². The number of aromatic amines is 1. The number of carbonyl (C=O) groups excluding carboxylic acids is 2. The molecule has 0 bridgehead atoms. The highest BCUT2D eigenvalue weighted by molar-refractivity contribution is 6.10. The number of rotatable bonds is 4. The molecule has 4 aromatic rings. The van der Waals surface area contributed by atoms with Crippen molar-refractivity contribution < 1.29 is 18.7 Å². The molecule has 130 valence electrons. The van der Waals surface area contributed by atoms with Gasteiger partial charge in [-0.05, 0) is 18.2 Å². The van der Waals surface area contributed by atoms with Gasteiger partial charge in [0.25, 0.3) is 5.91 Å². The highest BCUT2D eigenvalue weighted by Gasteiger charge is 2.16. The van der Waals surface area contributed by atoms with E-state index in [0.29, 0.717) is 17.0 Å². The van der Waals surface area contributed by atoms with E-state index in [9.17, 15) is 9.59 Å². The van der Waals surface area contributed by atoms with Crippen LogP contribution in [0, 0.1) is 0 Å². The van der Waals surface area contributed by atoms with E-state index in [1.807, 2.05) is 30.3 Å². The molecule has 2 aromatic heterocycles. The van der Waals surface area contributed by atoms with Gasteiger partial charge in [0.1, 0.15) is 22.6 Å². The van der Waals surface area contributed by atoms with Crippen LogP contribution in [-0.2, 0) is 0 Å². The number of ether oxygens (including phenoxy) is 1. The standard InChI is InChI=1S/C19H15N3O4/c1-25-17-7-12-11-4-2-3-5-15(11)26-16(12)8-13(17)22-19(24)14-6-10(9-21-14)18(20)23/h2-9,21H,1H3,(H2,20,23)(H,22,24). The summed E-state index contributed by atoms with van der Waals surface area (Å²) < 4.78 is 11.3. The van der Waals surface area contributed by atoms with Gasteiger partial charge in [-0.2, -0.15) is 0 Å². The molecule has 0 saturated heterocycles. The molecule has 7 nitrogen and oxygen atoms in total. The summed E-state index contributed by atoms with van der Waals surface area (Å²) in [4.78, 5) is 26.3. The summed E-state index contributed by atoms with van der Waals surface area (Å²) in [6.07, 6.45) is 1.39. The molecule has 0 atom stereocenters. The molecular weight excluding hydrogens is 334 g/mol. The first-order valence-electron chi connectivity index (χ1n) is 7.85. The van der Waals surface area contributed by atoms with Crippen LogP contribution in [0.5, 0.6) is 5.75 Å². The Morgan fingerprint density at radius 1 is 1.12 bits per heavy atom. The molecule has 0 aliphatic rings. The second-order valence-electron chi connectivity index (χ2n) is 5.77. The van der Waals surface area contributed by atoms with Crippen molar-refractivity contribution in [1.82, 2.24) is 4.98 Å². The minimum Gasteiger partial charge on any atom is -0.495 e. The zero-order chi connectivity index (χ0) is 18.3. The third-order valence-corrected chi connectivity index (χ3v) is 4.16. The van der Waals surface area contributed by atoms with Crippen LogP contribution in [0.25, 0.3) is 21.9 Å². The number of hydrogen-bond donors (Lipinski definition) is 3. The number of aromatic nitrogens is 1. The van der Waals surface area contributed by atoms with Crippen LogP contribution < -0.4 is 15.8 Å². The Bertz CT molecular complexity index is 1160. The van der Waals surface area contributed by atoms with E-state index in [0.717, 1.165) is 16.4 Å². The summed E-state index contributed by atoms with van der Waals surface area (Å²) >= 11 is 0. The number of furan rings is 1. The van der Waals surface area contributed by atoms with E-state index >= 15 is 0 Å². The van der Waals surface area contributed by atoms with Crippen LogP contribution in [0.1, 0.15) is 20.8 Å². The van der Waals surface area contributed by atoms with Gasteiger partial charge in [-0.1, -0.05) is 18.2 Å². The number of hydrogen-bond acceptors (Lipinski definition) is 4. The topological polar surface area (TPSA) is 110 Å². The van der Waals surface area contributed by atoms with Crippen LogP contribution in [0.3, 0.4) is 0 Å². The van der Waals surface area contributed by atoms with Crippen LogP contribution >= 0.6 is 0 Å². The SMILES string of the molecule is COc1cc2c(cc1NC(=O)c1cc(C(N)=O)c[nH]1)oc1ccccc12. The zero-order valence-corrected chi connectivity index (χ0v) is 13.8. The molecule has 26 heavy (non-hydrogen) atoms. The summed E-state index contributed by atoms with van der Waals surface area (Å²) in [7, 11) is 1.53. The summed E-state index contributed by atoms with van der Waals surface area (Å²) in [5, 5.41) is 4.62. The third kappa shape index (κ3) is 2.55. The fourth-order valence-corrected chi connectivity index (χ4v) is 2.88. The maximum Gasteiger partial charge on any atom is 0.272 e. The normalized spacial score (nSPS) is 11.0. The van der Waals surface area contributed by atoms with Gasteiger partial charge in [0.2, 0.25) is 5.91 Å². The average Bonchev–Trinajstić information content (AvgIpc) is 3.25. The zero-order valence-electron chi connectivity index (χ0n) is 13.8. The van der Waals surface area contributed by atoms with Crippen molar-refractivity contribution in [3.63, 3.8) is 0 Å². The van der Waals surface area contributed by atoms with Crippen LogP contribution in [-0.4, -0.2) is 23.9 Å². The Morgan fingerprint density at radius 3 is 2.65 bits per heavy atom. The molecule has 0 aliphatic carbocycles. The quantitative estimate of drug-likeness (QED) is 0.525. The monoisotopic (exact) mass is 349 g/mol. The number of nitrogens with one attached hydrogen (secondary N) is 2. The summed E-state index contributed by atoms with van der Waals surface area (Å²) in [6, 6.07) is 12.6. The van der Waals surface area contributed by atoms with Crippen LogP contribution in [0.4, 0.5) is 5.69 Å². The highest BCUT2D eigenvalue weighted by Crippen LogP contribution is 2.36. The first-order valence-corrected chi connectivity index (χ1v) is 7.85. The number of H-pyrrole nitrogens is 1. The number of methoxy groups -OCH3 is 1. The predicted octanol–water partition coefficient (Wildman–Crippen LogP) is 3.27. The maximum atomic E-state index is 12.4. The first kappa shape index (κ1) is 15.8. The van der Waals surface area contributed by atoms with E-state index in [4.69, 9.17) is 14.9 Å². The Kier molecular flexibility index (Phi) is 3.62. The minimum atomic E-state index is -0.610. The molecule has 0 unspecified atom stereocenters. The molecule has 0 fully saturated rings. The van der Waals surface area contributed by atoms with Gasteiger partial charge in [-0.3, -0.25) is 9.59 Å². The van der Waals surface area contributed by atoms with Crippen molar-refractivity contribution in [3.8, 4) is 5.75 Å². The number of carbonyl (C=O) groups is 2. The van der Waals surface area contributed by atoms with Crippen molar-refractivity contribution in [1.29, 1.82) is 0 Å². The maximum absolute atomic E-state index is 12.4. The van der Waals surface area contributed by atoms with E-state index in [1.54, 1.807) is 6.07 Å². The Morgan fingerprint density at radius 2 is 1.92 bits per heavy atom. The van der Waals surface area contributed by atoms with E-state index in [1.165, 1.54) is 19.4 Å². The lowest BCUT2D eigenvalue weighted by Crippen LogP contribution is -2.13. The van der Waals surface area contributed by atoms with Crippen molar-refractivity contribution in [2.45, 2.75) is 0 Å². The van der Waals surface area contributed by atoms with Gasteiger partial charge >= 0.3 is 0 Å². The second-order valence-corrected chi connectivity index (χ2v) is 5.77. The molecule has 2 heterocycles. The number of amides is 2. The molecule has 2 aromatic carbocycles. The molecule has 0 spiro atoms. The Labute approximate surface area is 147 Å². The lowest BCUT2D eigenvalue weighted by Gasteiger charge is -2.09. The molecule has 0 saturated carbocycles. The largest absolute Gasteiger partial charge is 0.495 e. The smallest absolute Gasteiger partial charge is 0.272 e. The minimum absolute atomic E-state index is 0.213. The van der Waals surface area contributed by atoms with Gasteiger partial charge < -0.3 is 25.2 Å². The van der Waals surface area contributed by atoms with E-state index in [2.05, 4.69) is 10.3 Å². The number of anilines is 1. The molecule has 0 aliphatic heterocycles. The molecule has 2 amide bonds. The summed E-state index contributed by atoms with van der Waals surface area (Å²) in [5.41, 5.74) is 7.49. The molecule has 4 rings (SSSR count). The number of nitrogens with two attached hydrogens (primary N) is 1. The number of primary amides is 1. The van der Waals surface area contributed by atoms with E-state index < -0.39 is 11.8 Å². The van der Waals surface area contributed by atoms with Gasteiger partial charge in [0.15, 0.2) is 0 Å². The van der Waals surface area contributed by atoms with Crippen molar-refractivity contribution >= 4 is 39.4 Å². The summed E-state index contributed by atoms with van der Waals surface area (Å²) in [5.74, 6) is -0.535. The summed E-state index contributed by atoms with van der Waals surface area (Å²) in [6.45, 7) is 0. The highest BCUT2D eigenvalue weighted by atomic mass is 16.5. The lowest BCUT2D eigenvalue weighted by molar-refractivity contribution is 0.0999. The number of para-hydroxylation sites is 1. The molecule has 4 N–H and O–H groups in total. The first-order chi connectivity index (χ1) is 12.6. The van der Waals surface area contributed by atoms with Gasteiger partial charge in [0.05, 0.1) is 18.4 Å². The van der Waals surface area contributed by atoms with Gasteiger partial charge in [0, 0.05) is 23.0 Å². The van der Waals surface area contributed by atoms with Gasteiger partial charge in [-0.25, -0.2) is 0 Å². The Balaban J connectivity index is 1.73. The Hall–Kier alpha value is -3.74. The third-order valence-electron chi connectivity index (χ3n) is 4.16. The molecular formula is C19H15N3O4. The van der Waals surface area contributed by atoms with Crippen molar-refractivity contribution in [2.24, 2.45) is 5.73 Å². The van der Waals surface area contributed by atoms with Crippen LogP contribution in [0.2, 0.25) is 0 Å². The molecule has 0 radical (unpaired) electrons.